The first-order valence-corrected chi connectivity index (χ1v) is 11.3. The summed E-state index contributed by atoms with van der Waals surface area (Å²) in [5, 5.41) is 0. The average Bonchev–Trinajstić information content (AvgIpc) is 2.81. The molecule has 1 amide bonds. The zero-order valence-corrected chi connectivity index (χ0v) is 18.1. The van der Waals surface area contributed by atoms with Gasteiger partial charge in [-0.05, 0) is 54.7 Å². The molecule has 0 radical (unpaired) electrons. The van der Waals surface area contributed by atoms with E-state index < -0.39 is 0 Å². The number of aryl methyl sites for hydroxylation is 1. The van der Waals surface area contributed by atoms with Gasteiger partial charge < -0.3 is 4.90 Å². The van der Waals surface area contributed by atoms with Crippen LogP contribution in [-0.2, 0) is 12.8 Å². The number of amides is 1. The monoisotopic (exact) mass is 399 g/mol. The molecule has 3 rings (SSSR count). The molecule has 0 saturated heterocycles. The summed E-state index contributed by atoms with van der Waals surface area (Å²) >= 11 is 0. The van der Waals surface area contributed by atoms with Crippen molar-refractivity contribution in [3.8, 4) is 0 Å². The molecule has 0 N–H and O–H groups in total. The summed E-state index contributed by atoms with van der Waals surface area (Å²) in [6, 6.07) is 28.5. The predicted octanol–water partition coefficient (Wildman–Crippen LogP) is 7.09. The van der Waals surface area contributed by atoms with Crippen LogP contribution in [0.15, 0.2) is 84.9 Å². The van der Waals surface area contributed by atoms with Crippen LogP contribution in [0.1, 0.15) is 60.5 Å². The van der Waals surface area contributed by atoms with Gasteiger partial charge in [-0.3, -0.25) is 4.79 Å². The van der Waals surface area contributed by atoms with E-state index in [0.29, 0.717) is 6.54 Å². The SMILES string of the molecule is CCCCCCCc1ccc(C(=O)N(CCc2ccccc2)c2ccccc2)cc1. The Morgan fingerprint density at radius 2 is 1.27 bits per heavy atom. The van der Waals surface area contributed by atoms with Crippen LogP contribution in [0.25, 0.3) is 0 Å². The predicted molar refractivity (Wildman–Crippen MR) is 127 cm³/mol. The van der Waals surface area contributed by atoms with Gasteiger partial charge in [-0.15, -0.1) is 0 Å². The Morgan fingerprint density at radius 1 is 0.667 bits per heavy atom. The van der Waals surface area contributed by atoms with Crippen molar-refractivity contribution < 1.29 is 4.79 Å². The minimum atomic E-state index is 0.0617. The molecule has 0 aliphatic rings. The van der Waals surface area contributed by atoms with E-state index in [1.54, 1.807) is 0 Å². The average molecular weight is 400 g/mol. The molecule has 0 spiro atoms. The molecule has 156 valence electrons. The van der Waals surface area contributed by atoms with Gasteiger partial charge in [-0.1, -0.05) is 93.3 Å². The lowest BCUT2D eigenvalue weighted by molar-refractivity contribution is 0.0987. The van der Waals surface area contributed by atoms with Crippen LogP contribution < -0.4 is 4.90 Å². The lowest BCUT2D eigenvalue weighted by Gasteiger charge is -2.23. The standard InChI is InChI=1S/C28H33NO/c1-2-3-4-5-8-15-25-18-20-26(21-19-25)28(30)29(27-16-11-7-12-17-27)23-22-24-13-9-6-10-14-24/h6-7,9-14,16-21H,2-5,8,15,22-23H2,1H3. The first-order chi connectivity index (χ1) is 14.8. The van der Waals surface area contributed by atoms with Gasteiger partial charge in [0.2, 0.25) is 0 Å². The second-order valence-electron chi connectivity index (χ2n) is 7.89. The number of carbonyl (C=O) groups is 1. The third kappa shape index (κ3) is 6.59. The van der Waals surface area contributed by atoms with Crippen LogP contribution in [-0.4, -0.2) is 12.5 Å². The number of rotatable bonds is 11. The molecule has 2 nitrogen and oxygen atoms in total. The third-order valence-corrected chi connectivity index (χ3v) is 5.55. The van der Waals surface area contributed by atoms with Gasteiger partial charge in [0, 0.05) is 17.8 Å². The highest BCUT2D eigenvalue weighted by Crippen LogP contribution is 2.19. The van der Waals surface area contributed by atoms with Gasteiger partial charge in [-0.2, -0.15) is 0 Å². The summed E-state index contributed by atoms with van der Waals surface area (Å²) in [5.41, 5.74) is 4.25. The van der Waals surface area contributed by atoms with Gasteiger partial charge in [0.1, 0.15) is 0 Å². The molecule has 0 heterocycles. The van der Waals surface area contributed by atoms with Crippen molar-refractivity contribution in [3.63, 3.8) is 0 Å². The minimum Gasteiger partial charge on any atom is -0.308 e. The first kappa shape index (κ1) is 21.8. The van der Waals surface area contributed by atoms with E-state index in [1.807, 2.05) is 65.6 Å². The normalized spacial score (nSPS) is 10.7. The van der Waals surface area contributed by atoms with Gasteiger partial charge in [0.15, 0.2) is 0 Å². The summed E-state index contributed by atoms with van der Waals surface area (Å²) in [6.45, 7) is 2.90. The smallest absolute Gasteiger partial charge is 0.258 e. The lowest BCUT2D eigenvalue weighted by Crippen LogP contribution is -2.32. The van der Waals surface area contributed by atoms with Crippen LogP contribution in [0.4, 0.5) is 5.69 Å². The highest BCUT2D eigenvalue weighted by molar-refractivity contribution is 6.06. The second-order valence-corrected chi connectivity index (χ2v) is 7.89. The number of hydrogen-bond acceptors (Lipinski definition) is 1. The van der Waals surface area contributed by atoms with E-state index in [9.17, 15) is 4.79 Å². The second kappa shape index (κ2) is 12.0. The fourth-order valence-electron chi connectivity index (χ4n) is 3.74. The van der Waals surface area contributed by atoms with E-state index in [-0.39, 0.29) is 5.91 Å². The Balaban J connectivity index is 1.66. The van der Waals surface area contributed by atoms with Crippen LogP contribution in [0, 0.1) is 0 Å². The number of anilines is 1. The van der Waals surface area contributed by atoms with Gasteiger partial charge >= 0.3 is 0 Å². The lowest BCUT2D eigenvalue weighted by atomic mass is 10.0. The fourth-order valence-corrected chi connectivity index (χ4v) is 3.74. The summed E-state index contributed by atoms with van der Waals surface area (Å²) in [7, 11) is 0. The summed E-state index contributed by atoms with van der Waals surface area (Å²) in [5.74, 6) is 0.0617. The van der Waals surface area contributed by atoms with Crippen molar-refractivity contribution in [1.29, 1.82) is 0 Å². The molecular weight excluding hydrogens is 366 g/mol. The van der Waals surface area contributed by atoms with Crippen molar-refractivity contribution in [3.05, 3.63) is 102 Å². The van der Waals surface area contributed by atoms with Crippen LogP contribution in [0.5, 0.6) is 0 Å². The van der Waals surface area contributed by atoms with E-state index in [2.05, 4.69) is 31.2 Å². The van der Waals surface area contributed by atoms with E-state index >= 15 is 0 Å². The van der Waals surface area contributed by atoms with E-state index in [4.69, 9.17) is 0 Å². The van der Waals surface area contributed by atoms with Crippen molar-refractivity contribution in [2.75, 3.05) is 11.4 Å². The maximum absolute atomic E-state index is 13.3. The molecule has 0 atom stereocenters. The van der Waals surface area contributed by atoms with Crippen molar-refractivity contribution in [1.82, 2.24) is 0 Å². The molecule has 30 heavy (non-hydrogen) atoms. The molecule has 0 aliphatic heterocycles. The first-order valence-electron chi connectivity index (χ1n) is 11.3. The number of para-hydroxylation sites is 1. The van der Waals surface area contributed by atoms with Gasteiger partial charge in [0.05, 0.1) is 0 Å². The molecule has 2 heteroatoms. The molecule has 0 fully saturated rings. The summed E-state index contributed by atoms with van der Waals surface area (Å²) in [4.78, 5) is 15.2. The maximum Gasteiger partial charge on any atom is 0.258 e. The number of benzene rings is 3. The Hall–Kier alpha value is -2.87. The summed E-state index contributed by atoms with van der Waals surface area (Å²) < 4.78 is 0. The largest absolute Gasteiger partial charge is 0.308 e. The Kier molecular flexibility index (Phi) is 8.71. The van der Waals surface area contributed by atoms with Crippen molar-refractivity contribution in [2.24, 2.45) is 0 Å². The van der Waals surface area contributed by atoms with Crippen LogP contribution in [0.3, 0.4) is 0 Å². The molecule has 0 saturated carbocycles. The topological polar surface area (TPSA) is 20.3 Å². The van der Waals surface area contributed by atoms with Crippen molar-refractivity contribution >= 4 is 11.6 Å². The molecule has 0 aliphatic carbocycles. The zero-order valence-electron chi connectivity index (χ0n) is 18.1. The van der Waals surface area contributed by atoms with E-state index in [1.165, 1.54) is 43.2 Å². The zero-order chi connectivity index (χ0) is 21.0. The quantitative estimate of drug-likeness (QED) is 0.315. The van der Waals surface area contributed by atoms with E-state index in [0.717, 1.165) is 24.1 Å². The number of carbonyl (C=O) groups excluding carboxylic acids is 1. The minimum absolute atomic E-state index is 0.0617. The van der Waals surface area contributed by atoms with Crippen LogP contribution in [0.2, 0.25) is 0 Å². The highest BCUT2D eigenvalue weighted by Gasteiger charge is 2.17. The molecule has 0 bridgehead atoms. The summed E-state index contributed by atoms with van der Waals surface area (Å²) in [6.07, 6.45) is 8.35. The molecule has 3 aromatic carbocycles. The van der Waals surface area contributed by atoms with Gasteiger partial charge in [-0.25, -0.2) is 0 Å². The Labute approximate surface area is 181 Å². The fraction of sp³-hybridized carbons (Fsp3) is 0.321. The number of hydrogen-bond donors (Lipinski definition) is 0. The van der Waals surface area contributed by atoms with Crippen molar-refractivity contribution in [2.45, 2.75) is 51.9 Å². The Bertz CT molecular complexity index is 872. The molecule has 0 unspecified atom stereocenters. The molecular formula is C28H33NO. The van der Waals surface area contributed by atoms with Gasteiger partial charge in [0.25, 0.3) is 5.91 Å². The third-order valence-electron chi connectivity index (χ3n) is 5.55. The molecule has 3 aromatic rings. The molecule has 0 aromatic heterocycles. The number of unbranched alkanes of at least 4 members (excludes halogenated alkanes) is 4. The number of nitrogens with zero attached hydrogens (tertiary/aromatic N) is 1. The highest BCUT2D eigenvalue weighted by atomic mass is 16.2. The van der Waals surface area contributed by atoms with Crippen LogP contribution >= 0.6 is 0 Å². The maximum atomic E-state index is 13.3. The Morgan fingerprint density at radius 3 is 1.93 bits per heavy atom.